The quantitative estimate of drug-likeness (QED) is 0.889. The van der Waals surface area contributed by atoms with Crippen molar-refractivity contribution in [2.45, 2.75) is 33.2 Å². The van der Waals surface area contributed by atoms with Crippen LogP contribution in [0, 0.1) is 12.8 Å². The first-order valence-electron chi connectivity index (χ1n) is 7.10. The molecule has 1 aromatic carbocycles. The summed E-state index contributed by atoms with van der Waals surface area (Å²) in [4.78, 5) is 16.5. The topological polar surface area (TPSA) is 68.0 Å². The molecule has 2 rings (SSSR count). The lowest BCUT2D eigenvalue weighted by molar-refractivity contribution is -0.118. The van der Waals surface area contributed by atoms with Gasteiger partial charge in [-0.3, -0.25) is 4.79 Å². The average molecular weight is 303 g/mol. The molecule has 2 atom stereocenters. The number of carbonyl (C=O) groups excluding carboxylic acids is 1. The van der Waals surface area contributed by atoms with Gasteiger partial charge in [0.15, 0.2) is 0 Å². The normalized spacial score (nSPS) is 13.7. The Hall–Kier alpha value is -1.72. The van der Waals surface area contributed by atoms with Crippen molar-refractivity contribution in [1.82, 2.24) is 4.98 Å². The molecule has 5 heteroatoms. The van der Waals surface area contributed by atoms with Crippen LogP contribution in [0.5, 0.6) is 0 Å². The van der Waals surface area contributed by atoms with Crippen LogP contribution < -0.4 is 11.1 Å². The SMILES string of the molecule is CCC(C)C(N)C(=O)Nc1ccc(-c2csc(C)n2)cc1. The Morgan fingerprint density at radius 3 is 2.57 bits per heavy atom. The smallest absolute Gasteiger partial charge is 0.241 e. The molecular formula is C16H21N3OS. The van der Waals surface area contributed by atoms with Crippen molar-refractivity contribution in [1.29, 1.82) is 0 Å². The first-order valence-corrected chi connectivity index (χ1v) is 7.98. The van der Waals surface area contributed by atoms with Gasteiger partial charge < -0.3 is 11.1 Å². The van der Waals surface area contributed by atoms with Crippen LogP contribution >= 0.6 is 11.3 Å². The van der Waals surface area contributed by atoms with Crippen LogP contribution in [-0.4, -0.2) is 16.9 Å². The first-order chi connectivity index (χ1) is 10.0. The molecule has 1 heterocycles. The van der Waals surface area contributed by atoms with E-state index in [0.29, 0.717) is 0 Å². The summed E-state index contributed by atoms with van der Waals surface area (Å²) in [6.45, 7) is 6.00. The lowest BCUT2D eigenvalue weighted by atomic mass is 9.99. The maximum absolute atomic E-state index is 12.0. The summed E-state index contributed by atoms with van der Waals surface area (Å²) in [5.74, 6) is 0.0313. The Morgan fingerprint density at radius 2 is 2.05 bits per heavy atom. The highest BCUT2D eigenvalue weighted by Gasteiger charge is 2.19. The summed E-state index contributed by atoms with van der Waals surface area (Å²) in [5.41, 5.74) is 8.69. The minimum Gasteiger partial charge on any atom is -0.325 e. The molecular weight excluding hydrogens is 282 g/mol. The number of hydrogen-bond acceptors (Lipinski definition) is 4. The van der Waals surface area contributed by atoms with Gasteiger partial charge in [0.1, 0.15) is 0 Å². The highest BCUT2D eigenvalue weighted by atomic mass is 32.1. The number of aryl methyl sites for hydroxylation is 1. The minimum absolute atomic E-state index is 0.137. The van der Waals surface area contributed by atoms with Gasteiger partial charge in [0.2, 0.25) is 5.91 Å². The number of anilines is 1. The van der Waals surface area contributed by atoms with Gasteiger partial charge in [-0.25, -0.2) is 4.98 Å². The van der Waals surface area contributed by atoms with E-state index >= 15 is 0 Å². The molecule has 2 unspecified atom stereocenters. The first kappa shape index (κ1) is 15.7. The summed E-state index contributed by atoms with van der Waals surface area (Å²) in [6.07, 6.45) is 0.886. The van der Waals surface area contributed by atoms with E-state index in [1.807, 2.05) is 50.4 Å². The van der Waals surface area contributed by atoms with E-state index in [2.05, 4.69) is 10.3 Å². The molecule has 3 N–H and O–H groups in total. The molecule has 1 aromatic heterocycles. The fourth-order valence-electron chi connectivity index (χ4n) is 1.96. The molecule has 0 radical (unpaired) electrons. The van der Waals surface area contributed by atoms with Crippen molar-refractivity contribution < 1.29 is 4.79 Å². The van der Waals surface area contributed by atoms with Crippen LogP contribution in [0.2, 0.25) is 0 Å². The third-order valence-corrected chi connectivity index (χ3v) is 4.40. The molecule has 0 bridgehead atoms. The van der Waals surface area contributed by atoms with Crippen molar-refractivity contribution in [2.75, 3.05) is 5.32 Å². The zero-order chi connectivity index (χ0) is 15.4. The molecule has 21 heavy (non-hydrogen) atoms. The van der Waals surface area contributed by atoms with Gasteiger partial charge in [0, 0.05) is 16.6 Å². The number of thiazole rings is 1. The molecule has 0 aliphatic carbocycles. The highest BCUT2D eigenvalue weighted by molar-refractivity contribution is 7.09. The standard InChI is InChI=1S/C16H21N3OS/c1-4-10(2)15(17)16(20)19-13-7-5-12(6-8-13)14-9-21-11(3)18-14/h5-10,15H,4,17H2,1-3H3,(H,19,20). The second-order valence-electron chi connectivity index (χ2n) is 5.23. The lowest BCUT2D eigenvalue weighted by Gasteiger charge is -2.17. The second-order valence-corrected chi connectivity index (χ2v) is 6.29. The molecule has 0 saturated heterocycles. The van der Waals surface area contributed by atoms with Crippen LogP contribution in [-0.2, 0) is 4.79 Å². The van der Waals surface area contributed by atoms with Crippen molar-refractivity contribution >= 4 is 22.9 Å². The van der Waals surface area contributed by atoms with Crippen molar-refractivity contribution in [3.63, 3.8) is 0 Å². The number of benzene rings is 1. The zero-order valence-corrected chi connectivity index (χ0v) is 13.4. The Labute approximate surface area is 129 Å². The van der Waals surface area contributed by atoms with E-state index in [4.69, 9.17) is 5.73 Å². The number of hydrogen-bond donors (Lipinski definition) is 2. The van der Waals surface area contributed by atoms with Gasteiger partial charge in [-0.05, 0) is 25.0 Å². The van der Waals surface area contributed by atoms with E-state index in [1.165, 1.54) is 0 Å². The summed E-state index contributed by atoms with van der Waals surface area (Å²) in [6, 6.07) is 7.20. The van der Waals surface area contributed by atoms with Gasteiger partial charge in [-0.15, -0.1) is 11.3 Å². The third-order valence-electron chi connectivity index (χ3n) is 3.63. The van der Waals surface area contributed by atoms with Gasteiger partial charge >= 0.3 is 0 Å². The molecule has 0 saturated carbocycles. The maximum Gasteiger partial charge on any atom is 0.241 e. The molecule has 2 aromatic rings. The van der Waals surface area contributed by atoms with Crippen LogP contribution in [0.1, 0.15) is 25.3 Å². The van der Waals surface area contributed by atoms with E-state index in [1.54, 1.807) is 11.3 Å². The van der Waals surface area contributed by atoms with Crippen LogP contribution in [0.4, 0.5) is 5.69 Å². The lowest BCUT2D eigenvalue weighted by Crippen LogP contribution is -2.40. The molecule has 0 fully saturated rings. The van der Waals surface area contributed by atoms with Crippen LogP contribution in [0.15, 0.2) is 29.6 Å². The van der Waals surface area contributed by atoms with E-state index in [9.17, 15) is 4.79 Å². The number of rotatable bonds is 5. The predicted molar refractivity (Wildman–Crippen MR) is 88.3 cm³/mol. The van der Waals surface area contributed by atoms with Crippen molar-refractivity contribution in [3.05, 3.63) is 34.7 Å². The summed E-state index contributed by atoms with van der Waals surface area (Å²) < 4.78 is 0. The van der Waals surface area contributed by atoms with Crippen LogP contribution in [0.25, 0.3) is 11.3 Å². The number of nitrogens with one attached hydrogen (secondary N) is 1. The molecule has 0 spiro atoms. The van der Waals surface area contributed by atoms with Gasteiger partial charge in [-0.2, -0.15) is 0 Å². The molecule has 1 amide bonds. The Balaban J connectivity index is 2.04. The van der Waals surface area contributed by atoms with E-state index in [0.717, 1.165) is 28.4 Å². The number of nitrogens with two attached hydrogens (primary N) is 1. The van der Waals surface area contributed by atoms with Gasteiger partial charge in [-0.1, -0.05) is 32.4 Å². The number of nitrogens with zero attached hydrogens (tertiary/aromatic N) is 1. The van der Waals surface area contributed by atoms with Crippen LogP contribution in [0.3, 0.4) is 0 Å². The highest BCUT2D eigenvalue weighted by Crippen LogP contribution is 2.23. The third kappa shape index (κ3) is 3.89. The van der Waals surface area contributed by atoms with Gasteiger partial charge in [0.25, 0.3) is 0 Å². The second kappa shape index (κ2) is 6.83. The fraction of sp³-hybridized carbons (Fsp3) is 0.375. The monoisotopic (exact) mass is 303 g/mol. The average Bonchev–Trinajstić information content (AvgIpc) is 2.93. The maximum atomic E-state index is 12.0. The number of aromatic nitrogens is 1. The molecule has 0 aliphatic heterocycles. The van der Waals surface area contributed by atoms with Gasteiger partial charge in [0.05, 0.1) is 16.7 Å². The number of carbonyl (C=O) groups is 1. The summed E-state index contributed by atoms with van der Waals surface area (Å²) in [7, 11) is 0. The summed E-state index contributed by atoms with van der Waals surface area (Å²) in [5, 5.41) is 5.93. The Bertz CT molecular complexity index is 606. The van der Waals surface area contributed by atoms with E-state index < -0.39 is 6.04 Å². The largest absolute Gasteiger partial charge is 0.325 e. The summed E-state index contributed by atoms with van der Waals surface area (Å²) >= 11 is 1.63. The zero-order valence-electron chi connectivity index (χ0n) is 12.6. The fourth-order valence-corrected chi connectivity index (χ4v) is 2.58. The molecule has 0 aliphatic rings. The molecule has 4 nitrogen and oxygen atoms in total. The Kier molecular flexibility index (Phi) is 5.09. The van der Waals surface area contributed by atoms with Crippen molar-refractivity contribution in [3.8, 4) is 11.3 Å². The number of amides is 1. The van der Waals surface area contributed by atoms with E-state index in [-0.39, 0.29) is 11.8 Å². The minimum atomic E-state index is -0.476. The molecule has 112 valence electrons. The Morgan fingerprint density at radius 1 is 1.38 bits per heavy atom. The van der Waals surface area contributed by atoms with Crippen molar-refractivity contribution in [2.24, 2.45) is 11.7 Å². The predicted octanol–water partition coefficient (Wildman–Crippen LogP) is 3.43.